The van der Waals surface area contributed by atoms with Crippen LogP contribution in [0.2, 0.25) is 0 Å². The van der Waals surface area contributed by atoms with E-state index in [0.29, 0.717) is 5.76 Å². The van der Waals surface area contributed by atoms with Crippen molar-refractivity contribution in [2.24, 2.45) is 0 Å². The van der Waals surface area contributed by atoms with Gasteiger partial charge in [-0.05, 0) is 24.4 Å². The van der Waals surface area contributed by atoms with Crippen LogP contribution in [0.25, 0.3) is 21.7 Å². The second-order valence-electron chi connectivity index (χ2n) is 10.0. The molecule has 41 heavy (non-hydrogen) atoms. The third kappa shape index (κ3) is 5.32. The molecule has 10 unspecified atom stereocenters. The van der Waals surface area contributed by atoms with Crippen LogP contribution < -0.4 is 10.2 Å². The molecule has 10 atom stereocenters. The van der Waals surface area contributed by atoms with Gasteiger partial charge in [-0.2, -0.15) is 0 Å². The van der Waals surface area contributed by atoms with Gasteiger partial charge in [0.1, 0.15) is 82.8 Å². The molecule has 2 saturated heterocycles. The Morgan fingerprint density at radius 3 is 2.10 bits per heavy atom. The fourth-order valence-corrected chi connectivity index (χ4v) is 4.99. The Morgan fingerprint density at radius 2 is 1.41 bits per heavy atom. The molecule has 15 nitrogen and oxygen atoms in total. The Bertz CT molecular complexity index is 1470. The van der Waals surface area contributed by atoms with Gasteiger partial charge in [0.2, 0.25) is 6.29 Å². The largest absolute Gasteiger partial charge is 0.507 e. The van der Waals surface area contributed by atoms with Gasteiger partial charge in [0, 0.05) is 12.1 Å². The van der Waals surface area contributed by atoms with Crippen molar-refractivity contribution >= 4 is 21.7 Å². The molecule has 5 rings (SSSR count). The quantitative estimate of drug-likeness (QED) is 0.138. The molecule has 0 radical (unpaired) electrons. The molecule has 0 spiro atoms. The maximum atomic E-state index is 12.5. The molecule has 9 N–H and O–H groups in total. The molecule has 2 aromatic carbocycles. The summed E-state index contributed by atoms with van der Waals surface area (Å²) in [5, 5.41) is 92.4. The van der Waals surface area contributed by atoms with E-state index in [1.165, 1.54) is 18.2 Å². The van der Waals surface area contributed by atoms with Crippen LogP contribution in [0.5, 0.6) is 17.2 Å². The third-order valence-corrected chi connectivity index (χ3v) is 7.16. The summed E-state index contributed by atoms with van der Waals surface area (Å²) >= 11 is 0. The van der Waals surface area contributed by atoms with Gasteiger partial charge in [0.25, 0.3) is 0 Å². The molecule has 3 aromatic rings. The average molecular weight is 583 g/mol. The zero-order chi connectivity index (χ0) is 29.7. The molecule has 0 amide bonds. The van der Waals surface area contributed by atoms with Crippen molar-refractivity contribution in [1.29, 1.82) is 0 Å². The van der Waals surface area contributed by atoms with Gasteiger partial charge in [-0.3, -0.25) is 4.79 Å². The van der Waals surface area contributed by atoms with Crippen molar-refractivity contribution in [2.75, 3.05) is 13.2 Å². The van der Waals surface area contributed by atoms with E-state index in [2.05, 4.69) is 0 Å². The zero-order valence-electron chi connectivity index (χ0n) is 21.5. The molecule has 1 aromatic heterocycles. The number of hydrogen-bond donors (Lipinski definition) is 9. The normalized spacial score (nSPS) is 34.2. The van der Waals surface area contributed by atoms with Crippen molar-refractivity contribution in [3.05, 3.63) is 40.2 Å². The number of benzene rings is 2. The lowest BCUT2D eigenvalue weighted by atomic mass is 9.98. The highest BCUT2D eigenvalue weighted by atomic mass is 16.7. The van der Waals surface area contributed by atoms with Gasteiger partial charge in [0.15, 0.2) is 11.7 Å². The van der Waals surface area contributed by atoms with Crippen molar-refractivity contribution in [3.63, 3.8) is 0 Å². The van der Waals surface area contributed by atoms with Crippen LogP contribution >= 0.6 is 0 Å². The number of aliphatic hydroxyl groups is 7. The lowest BCUT2D eigenvalue weighted by molar-refractivity contribution is -0.323. The van der Waals surface area contributed by atoms with Gasteiger partial charge in [-0.1, -0.05) is 0 Å². The monoisotopic (exact) mass is 582 g/mol. The number of aromatic hydroxyl groups is 2. The number of phenolic OH excluding ortho intramolecular Hbond substituents is 1. The Kier molecular flexibility index (Phi) is 8.10. The van der Waals surface area contributed by atoms with E-state index in [4.69, 9.17) is 23.4 Å². The minimum Gasteiger partial charge on any atom is -0.507 e. The summed E-state index contributed by atoms with van der Waals surface area (Å²) in [7, 11) is 0. The topological polar surface area (TPSA) is 249 Å². The first-order chi connectivity index (χ1) is 19.4. The van der Waals surface area contributed by atoms with Crippen LogP contribution in [-0.2, 0) is 14.2 Å². The van der Waals surface area contributed by atoms with E-state index < -0.39 is 85.8 Å². The van der Waals surface area contributed by atoms with Crippen LogP contribution in [0.1, 0.15) is 5.76 Å². The summed E-state index contributed by atoms with van der Waals surface area (Å²) in [4.78, 5) is 12.5. The highest BCUT2D eigenvalue weighted by Gasteiger charge is 2.48. The van der Waals surface area contributed by atoms with Crippen molar-refractivity contribution in [1.82, 2.24) is 0 Å². The van der Waals surface area contributed by atoms with Crippen molar-refractivity contribution < 1.29 is 69.3 Å². The van der Waals surface area contributed by atoms with E-state index in [0.717, 1.165) is 6.07 Å². The standard InChI is InChI=1S/C26H30O15/c1-8-2-11(29)17-12(38-8)4-9-3-10(28)5-13(16(9)20(17)32)39-26-24(36)22(34)19(31)15(41-26)7-37-25-23(35)21(33)18(30)14(6-27)40-25/h2-5,14-15,18-19,21-27,29-36H,6-7H2,1H3. The van der Waals surface area contributed by atoms with Gasteiger partial charge in [-0.15, -0.1) is 0 Å². The minimum atomic E-state index is -1.85. The first-order valence-corrected chi connectivity index (χ1v) is 12.6. The molecule has 0 saturated carbocycles. The molecule has 2 aliphatic heterocycles. The van der Waals surface area contributed by atoms with Gasteiger partial charge in [-0.25, -0.2) is 0 Å². The van der Waals surface area contributed by atoms with Crippen molar-refractivity contribution in [3.8, 4) is 17.2 Å². The lowest BCUT2D eigenvalue weighted by Gasteiger charge is -2.42. The summed E-state index contributed by atoms with van der Waals surface area (Å²) in [5.41, 5.74) is -0.474. The summed E-state index contributed by atoms with van der Waals surface area (Å²) in [6.07, 6.45) is -16.5. The van der Waals surface area contributed by atoms with Gasteiger partial charge in [0.05, 0.1) is 18.6 Å². The Hall–Kier alpha value is -3.09. The number of aliphatic hydroxyl groups excluding tert-OH is 7. The highest BCUT2D eigenvalue weighted by molar-refractivity contribution is 6.07. The molecule has 0 bridgehead atoms. The third-order valence-electron chi connectivity index (χ3n) is 7.16. The first-order valence-electron chi connectivity index (χ1n) is 12.6. The summed E-state index contributed by atoms with van der Waals surface area (Å²) in [6, 6.07) is 4.86. The maximum Gasteiger partial charge on any atom is 0.229 e. The zero-order valence-corrected chi connectivity index (χ0v) is 21.5. The molecular formula is C26H30O15. The predicted octanol–water partition coefficient (Wildman–Crippen LogP) is -2.33. The van der Waals surface area contributed by atoms with E-state index >= 15 is 0 Å². The molecular weight excluding hydrogens is 552 g/mol. The summed E-state index contributed by atoms with van der Waals surface area (Å²) < 4.78 is 27.5. The van der Waals surface area contributed by atoms with Crippen LogP contribution in [0.3, 0.4) is 0 Å². The molecule has 15 heteroatoms. The SMILES string of the molecule is Cc1cc(O)c2c(O)c3c(OC4OC(COC5OC(CO)C(O)C(O)C5O)C(O)C(O)C4O)cc(=O)cc3cc2o1. The second kappa shape index (κ2) is 11.3. The van der Waals surface area contributed by atoms with Crippen LogP contribution in [0.4, 0.5) is 0 Å². The molecule has 3 heterocycles. The number of ether oxygens (including phenoxy) is 4. The Balaban J connectivity index is 1.42. The predicted molar refractivity (Wildman–Crippen MR) is 135 cm³/mol. The van der Waals surface area contributed by atoms with E-state index in [1.54, 1.807) is 6.92 Å². The van der Waals surface area contributed by atoms with E-state index in [-0.39, 0.29) is 33.2 Å². The summed E-state index contributed by atoms with van der Waals surface area (Å²) in [5.74, 6) is -0.750. The molecule has 0 aliphatic carbocycles. The average Bonchev–Trinajstić information content (AvgIpc) is 2.91. The fourth-order valence-electron chi connectivity index (χ4n) is 4.99. The van der Waals surface area contributed by atoms with Crippen LogP contribution in [0, 0.1) is 6.92 Å². The van der Waals surface area contributed by atoms with E-state index in [1.807, 2.05) is 0 Å². The second-order valence-corrected chi connectivity index (χ2v) is 10.0. The molecule has 2 aliphatic rings. The smallest absolute Gasteiger partial charge is 0.229 e. The molecule has 2 fully saturated rings. The maximum absolute atomic E-state index is 12.5. The van der Waals surface area contributed by atoms with Crippen molar-refractivity contribution in [2.45, 2.75) is 68.3 Å². The first kappa shape index (κ1) is 29.4. The van der Waals surface area contributed by atoms with Gasteiger partial charge < -0.3 is 69.3 Å². The van der Waals surface area contributed by atoms with Crippen LogP contribution in [-0.4, -0.2) is 121 Å². The number of rotatable bonds is 6. The molecule has 224 valence electrons. The lowest BCUT2D eigenvalue weighted by Crippen LogP contribution is -2.62. The highest BCUT2D eigenvalue weighted by Crippen LogP contribution is 2.43. The number of hydrogen-bond acceptors (Lipinski definition) is 15. The number of fused-ring (bicyclic) bond motifs is 2. The summed E-state index contributed by atoms with van der Waals surface area (Å²) in [6.45, 7) is 0.285. The van der Waals surface area contributed by atoms with Gasteiger partial charge >= 0.3 is 0 Å². The van der Waals surface area contributed by atoms with Crippen LogP contribution in [0.15, 0.2) is 33.5 Å². The number of phenols is 1. The van der Waals surface area contributed by atoms with E-state index in [9.17, 15) is 50.8 Å². The Labute approximate surface area is 230 Å². The fraction of sp³-hybridized carbons (Fsp3) is 0.500. The Morgan fingerprint density at radius 1 is 0.780 bits per heavy atom. The number of aryl methyl sites for hydroxylation is 1. The minimum absolute atomic E-state index is 0.0445.